The molecule has 2 atom stereocenters. The molecule has 0 bridgehead atoms. The van der Waals surface area contributed by atoms with Crippen molar-refractivity contribution in [2.45, 2.75) is 63.1 Å². The van der Waals surface area contributed by atoms with E-state index in [1.165, 1.54) is 6.26 Å². The highest BCUT2D eigenvalue weighted by molar-refractivity contribution is 7.88. The third-order valence-corrected chi connectivity index (χ3v) is 7.59. The number of nitrogens with one attached hydrogen (secondary N) is 2. The maximum absolute atomic E-state index is 11.6. The maximum Gasteiger partial charge on any atom is 0.209 e. The zero-order valence-corrected chi connectivity index (χ0v) is 20.3. The molecule has 0 aromatic heterocycles. The van der Waals surface area contributed by atoms with E-state index >= 15 is 0 Å². The van der Waals surface area contributed by atoms with Crippen LogP contribution in [0.5, 0.6) is 11.5 Å². The lowest BCUT2D eigenvalue weighted by atomic mass is 9.68. The first kappa shape index (κ1) is 24.5. The summed E-state index contributed by atoms with van der Waals surface area (Å²) in [6, 6.07) is -0.0998. The molecule has 1 aliphatic heterocycles. The van der Waals surface area contributed by atoms with Crippen LogP contribution in [0.1, 0.15) is 50.5 Å². The Kier molecular flexibility index (Phi) is 8.05. The Bertz CT molecular complexity index is 892. The summed E-state index contributed by atoms with van der Waals surface area (Å²) in [5.74, 6) is 1.66. The fourth-order valence-electron chi connectivity index (χ4n) is 5.07. The number of hydrogen-bond acceptors (Lipinski definition) is 6. The zero-order valence-electron chi connectivity index (χ0n) is 19.5. The summed E-state index contributed by atoms with van der Waals surface area (Å²) in [7, 11) is 2.73. The molecule has 1 aromatic carbocycles. The summed E-state index contributed by atoms with van der Waals surface area (Å²) < 4.78 is 38.1. The van der Waals surface area contributed by atoms with Gasteiger partial charge in [0.25, 0.3) is 0 Å². The molecule has 1 saturated heterocycles. The van der Waals surface area contributed by atoms with Crippen LogP contribution < -0.4 is 31.2 Å². The molecule has 1 aromatic rings. The second-order valence-corrected chi connectivity index (χ2v) is 10.8. The molecule has 2 fully saturated rings. The lowest BCUT2D eigenvalue weighted by Gasteiger charge is -2.33. The smallest absolute Gasteiger partial charge is 0.209 e. The summed E-state index contributed by atoms with van der Waals surface area (Å²) in [4.78, 5) is 0. The molecule has 1 saturated carbocycles. The van der Waals surface area contributed by atoms with Gasteiger partial charge in [0.15, 0.2) is 0 Å². The molecule has 0 radical (unpaired) electrons. The van der Waals surface area contributed by atoms with Crippen molar-refractivity contribution in [2.24, 2.45) is 0 Å². The molecule has 7 nitrogen and oxygen atoms in total. The summed E-state index contributed by atoms with van der Waals surface area (Å²) >= 11 is 0. The van der Waals surface area contributed by atoms with E-state index in [1.54, 1.807) is 0 Å². The molecule has 0 unspecified atom stereocenters. The number of benzene rings is 1. The molecule has 31 heavy (non-hydrogen) atoms. The van der Waals surface area contributed by atoms with Crippen LogP contribution in [0.2, 0.25) is 0 Å². The van der Waals surface area contributed by atoms with Gasteiger partial charge in [-0.2, -0.15) is 0 Å². The van der Waals surface area contributed by atoms with Crippen LogP contribution in [-0.4, -0.2) is 81.3 Å². The van der Waals surface area contributed by atoms with E-state index in [-0.39, 0.29) is 18.2 Å². The average Bonchev–Trinajstić information content (AvgIpc) is 3.15. The minimum Gasteiger partial charge on any atom is -0.509 e. The largest absolute Gasteiger partial charge is 0.509 e. The van der Waals surface area contributed by atoms with Gasteiger partial charge in [-0.3, -0.25) is 0 Å². The Morgan fingerprint density at radius 1 is 1.10 bits per heavy atom. The molecular formula is C20H35B3N2O5S. The van der Waals surface area contributed by atoms with Crippen molar-refractivity contribution in [3.05, 3.63) is 5.56 Å². The van der Waals surface area contributed by atoms with Crippen LogP contribution in [0.25, 0.3) is 0 Å². The normalized spacial score (nSPS) is 26.8. The van der Waals surface area contributed by atoms with Crippen LogP contribution in [0.15, 0.2) is 0 Å². The first-order valence-electron chi connectivity index (χ1n) is 11.4. The van der Waals surface area contributed by atoms with Crippen molar-refractivity contribution in [1.29, 1.82) is 0 Å². The van der Waals surface area contributed by atoms with Gasteiger partial charge in [0.05, 0.1) is 25.6 Å². The second kappa shape index (κ2) is 10.2. The van der Waals surface area contributed by atoms with Crippen molar-refractivity contribution in [3.8, 4) is 11.5 Å². The molecule has 2 aliphatic rings. The first-order chi connectivity index (χ1) is 14.6. The predicted molar refractivity (Wildman–Crippen MR) is 133 cm³/mol. The predicted octanol–water partition coefficient (Wildman–Crippen LogP) is -3.11. The lowest BCUT2D eigenvalue weighted by molar-refractivity contribution is 0.0125. The van der Waals surface area contributed by atoms with Gasteiger partial charge >= 0.3 is 0 Å². The molecule has 3 rings (SSSR count). The van der Waals surface area contributed by atoms with Gasteiger partial charge in [0.1, 0.15) is 35.0 Å². The van der Waals surface area contributed by atoms with Crippen LogP contribution in [0.4, 0.5) is 0 Å². The molecule has 0 spiro atoms. The van der Waals surface area contributed by atoms with Crippen LogP contribution in [-0.2, 0) is 14.8 Å². The van der Waals surface area contributed by atoms with E-state index < -0.39 is 10.0 Å². The van der Waals surface area contributed by atoms with Gasteiger partial charge in [0.2, 0.25) is 10.0 Å². The maximum atomic E-state index is 11.6. The van der Waals surface area contributed by atoms with E-state index in [0.717, 1.165) is 66.4 Å². The molecule has 1 heterocycles. The standard InChI is InChI=1S/C20H35B3N2O5S/c1-3-29-20-15(16(21)19(26)17(22)18(20)23)11-4-6-12(7-5-11)30-10-14-13(8-9-24-14)25-31(2,27)28/h11-14,24-26H,3-10,21-23H2,1-2H3/t11-,12+,13-,14-/m0/s1. The fourth-order valence-corrected chi connectivity index (χ4v) is 5.90. The van der Waals surface area contributed by atoms with Crippen LogP contribution in [0, 0.1) is 0 Å². The fraction of sp³-hybridized carbons (Fsp3) is 0.700. The summed E-state index contributed by atoms with van der Waals surface area (Å²) in [5, 5.41) is 14.0. The minimum atomic E-state index is -3.22. The zero-order chi connectivity index (χ0) is 22.8. The number of phenolic OH excluding ortho intramolecular Hbond substituents is 1. The van der Waals surface area contributed by atoms with Gasteiger partial charge in [-0.15, -0.1) is 0 Å². The van der Waals surface area contributed by atoms with E-state index in [9.17, 15) is 13.5 Å². The number of aromatic hydroxyl groups is 1. The molecule has 170 valence electrons. The van der Waals surface area contributed by atoms with E-state index in [4.69, 9.17) is 9.47 Å². The van der Waals surface area contributed by atoms with Crippen molar-refractivity contribution in [1.82, 2.24) is 10.0 Å². The van der Waals surface area contributed by atoms with Gasteiger partial charge in [-0.05, 0) is 62.5 Å². The Labute approximate surface area is 189 Å². The number of phenols is 1. The quantitative estimate of drug-likeness (QED) is 0.365. The summed E-state index contributed by atoms with van der Waals surface area (Å²) in [6.45, 7) is 3.90. The number of sulfonamides is 1. The number of ether oxygens (including phenoxy) is 2. The van der Waals surface area contributed by atoms with Crippen molar-refractivity contribution < 1.29 is 23.0 Å². The average molecular weight is 448 g/mol. The molecular weight excluding hydrogens is 413 g/mol. The van der Waals surface area contributed by atoms with E-state index in [1.807, 2.05) is 30.5 Å². The van der Waals surface area contributed by atoms with Crippen molar-refractivity contribution in [2.75, 3.05) is 26.0 Å². The Hall–Kier alpha value is -1.16. The third kappa shape index (κ3) is 5.80. The van der Waals surface area contributed by atoms with E-state index in [0.29, 0.717) is 24.9 Å². The third-order valence-electron chi connectivity index (χ3n) is 6.86. The summed E-state index contributed by atoms with van der Waals surface area (Å²) in [5.41, 5.74) is 4.00. The van der Waals surface area contributed by atoms with Crippen LogP contribution >= 0.6 is 0 Å². The Morgan fingerprint density at radius 2 is 1.77 bits per heavy atom. The van der Waals surface area contributed by atoms with Crippen molar-refractivity contribution in [3.63, 3.8) is 0 Å². The van der Waals surface area contributed by atoms with Crippen molar-refractivity contribution >= 4 is 50.0 Å². The Morgan fingerprint density at radius 3 is 2.39 bits per heavy atom. The first-order valence-corrected chi connectivity index (χ1v) is 13.3. The minimum absolute atomic E-state index is 0.0101. The van der Waals surface area contributed by atoms with Gasteiger partial charge < -0.3 is 19.9 Å². The highest BCUT2D eigenvalue weighted by Crippen LogP contribution is 2.37. The highest BCUT2D eigenvalue weighted by Gasteiger charge is 2.32. The molecule has 11 heteroatoms. The van der Waals surface area contributed by atoms with E-state index in [2.05, 4.69) is 10.0 Å². The Balaban J connectivity index is 1.61. The molecule has 3 N–H and O–H groups in total. The molecule has 1 aliphatic carbocycles. The molecule has 0 amide bonds. The topological polar surface area (TPSA) is 96.9 Å². The summed E-state index contributed by atoms with van der Waals surface area (Å²) in [6.07, 6.45) is 6.01. The lowest BCUT2D eigenvalue weighted by Crippen LogP contribution is -2.46. The monoisotopic (exact) mass is 448 g/mol. The van der Waals surface area contributed by atoms with Gasteiger partial charge in [0, 0.05) is 12.1 Å². The highest BCUT2D eigenvalue weighted by atomic mass is 32.2. The van der Waals surface area contributed by atoms with Crippen LogP contribution in [0.3, 0.4) is 0 Å². The van der Waals surface area contributed by atoms with Gasteiger partial charge in [-0.1, -0.05) is 10.9 Å². The van der Waals surface area contributed by atoms with Gasteiger partial charge in [-0.25, -0.2) is 13.1 Å². The number of rotatable bonds is 8. The number of hydrogen-bond donors (Lipinski definition) is 3. The second-order valence-electron chi connectivity index (χ2n) is 9.05. The SMILES string of the molecule is Bc1c(B)c(OCC)c([C@H]2CC[C@@H](OC[C@@H]3NCC[C@@H]3NS(C)(=O)=O)CC2)c(B)c1O.